The van der Waals surface area contributed by atoms with Crippen molar-refractivity contribution in [1.29, 1.82) is 0 Å². The van der Waals surface area contributed by atoms with E-state index in [9.17, 15) is 0 Å². The number of hydrogen-bond donors (Lipinski definition) is 0. The number of hydrogen-bond acceptors (Lipinski definition) is 5. The molecule has 32 heavy (non-hydrogen) atoms. The molecule has 0 N–H and O–H groups in total. The molecule has 3 aromatic rings. The van der Waals surface area contributed by atoms with Gasteiger partial charge in [-0.1, -0.05) is 30.3 Å². The van der Waals surface area contributed by atoms with Crippen LogP contribution in [-0.4, -0.2) is 48.9 Å². The van der Waals surface area contributed by atoms with Gasteiger partial charge in [0.2, 0.25) is 0 Å². The number of piperidine rings is 1. The van der Waals surface area contributed by atoms with Crippen LogP contribution in [0.3, 0.4) is 0 Å². The summed E-state index contributed by atoms with van der Waals surface area (Å²) in [6, 6.07) is 21.3. The molecule has 4 rings (SSSR count). The van der Waals surface area contributed by atoms with Crippen molar-refractivity contribution in [3.63, 3.8) is 0 Å². The van der Waals surface area contributed by atoms with E-state index >= 15 is 0 Å². The normalized spacial score (nSPS) is 16.2. The summed E-state index contributed by atoms with van der Waals surface area (Å²) in [4.78, 5) is 11.5. The molecule has 5 nitrogen and oxygen atoms in total. The number of nitrogens with zero attached hydrogens (tertiary/aromatic N) is 3. The van der Waals surface area contributed by atoms with E-state index in [4.69, 9.17) is 14.5 Å². The summed E-state index contributed by atoms with van der Waals surface area (Å²) in [7, 11) is 1.70. The van der Waals surface area contributed by atoms with E-state index < -0.39 is 0 Å². The molecular weight excluding hydrogens is 398 g/mol. The van der Waals surface area contributed by atoms with Crippen molar-refractivity contribution in [2.75, 3.05) is 26.8 Å². The fraction of sp³-hybridized carbons (Fsp3) is 0.333. The molecular formula is C27H31N3O2. The van der Waals surface area contributed by atoms with Crippen molar-refractivity contribution in [3.05, 3.63) is 89.7 Å². The van der Waals surface area contributed by atoms with Crippen LogP contribution in [0.15, 0.2) is 78.0 Å². The average Bonchev–Trinajstić information content (AvgIpc) is 2.86. The van der Waals surface area contributed by atoms with Gasteiger partial charge in [0.05, 0.1) is 25.8 Å². The molecule has 2 aromatic carbocycles. The number of para-hydroxylation sites is 1. The molecule has 0 aliphatic carbocycles. The molecule has 0 radical (unpaired) electrons. The van der Waals surface area contributed by atoms with Crippen LogP contribution in [0.5, 0.6) is 11.5 Å². The number of pyridine rings is 1. The summed E-state index contributed by atoms with van der Waals surface area (Å²) in [6.07, 6.45) is 7.65. The molecule has 1 aromatic heterocycles. The van der Waals surface area contributed by atoms with Gasteiger partial charge < -0.3 is 9.47 Å². The molecule has 1 unspecified atom stereocenters. The zero-order chi connectivity index (χ0) is 22.2. The summed E-state index contributed by atoms with van der Waals surface area (Å²) < 4.78 is 11.4. The minimum atomic E-state index is 0.133. The number of ether oxygens (including phenoxy) is 2. The molecule has 0 amide bonds. The molecule has 0 spiro atoms. The van der Waals surface area contributed by atoms with Crippen LogP contribution in [0.4, 0.5) is 0 Å². The lowest BCUT2D eigenvalue weighted by atomic mass is 9.93. The Morgan fingerprint density at radius 1 is 1.03 bits per heavy atom. The highest BCUT2D eigenvalue weighted by Crippen LogP contribution is 2.37. The number of rotatable bonds is 8. The largest absolute Gasteiger partial charge is 0.497 e. The zero-order valence-corrected chi connectivity index (χ0v) is 18.9. The Balaban J connectivity index is 1.55. The van der Waals surface area contributed by atoms with E-state index in [1.54, 1.807) is 19.5 Å². The molecule has 1 saturated heterocycles. The van der Waals surface area contributed by atoms with Gasteiger partial charge in [0.1, 0.15) is 11.5 Å². The van der Waals surface area contributed by atoms with Gasteiger partial charge in [-0.2, -0.15) is 0 Å². The zero-order valence-electron chi connectivity index (χ0n) is 18.9. The van der Waals surface area contributed by atoms with Crippen molar-refractivity contribution in [3.8, 4) is 11.5 Å². The first-order chi connectivity index (χ1) is 15.8. The highest BCUT2D eigenvalue weighted by molar-refractivity contribution is 5.79. The maximum absolute atomic E-state index is 6.00. The molecule has 1 atom stereocenters. The number of aromatic nitrogens is 1. The summed E-state index contributed by atoms with van der Waals surface area (Å²) in [5, 5.41) is 0. The number of methoxy groups -OCH3 is 1. The first-order valence-corrected chi connectivity index (χ1v) is 11.3. The Morgan fingerprint density at radius 2 is 1.75 bits per heavy atom. The van der Waals surface area contributed by atoms with Gasteiger partial charge in [-0.15, -0.1) is 0 Å². The third-order valence-corrected chi connectivity index (χ3v) is 5.95. The Bertz CT molecular complexity index is 997. The molecule has 166 valence electrons. The maximum atomic E-state index is 6.00. The highest BCUT2D eigenvalue weighted by Gasteiger charge is 2.29. The van der Waals surface area contributed by atoms with Crippen molar-refractivity contribution in [2.45, 2.75) is 31.8 Å². The molecule has 2 heterocycles. The van der Waals surface area contributed by atoms with Crippen LogP contribution in [0.1, 0.15) is 42.5 Å². The van der Waals surface area contributed by atoms with E-state index in [1.165, 1.54) is 11.1 Å². The van der Waals surface area contributed by atoms with E-state index in [2.05, 4.69) is 40.2 Å². The third-order valence-electron chi connectivity index (χ3n) is 5.95. The molecule has 1 aliphatic heterocycles. The lowest BCUT2D eigenvalue weighted by Crippen LogP contribution is -2.38. The fourth-order valence-corrected chi connectivity index (χ4v) is 4.30. The third kappa shape index (κ3) is 5.35. The Hall–Kier alpha value is -3.18. The molecule has 5 heteroatoms. The second kappa shape index (κ2) is 10.9. The molecule has 0 saturated carbocycles. The molecule has 1 aliphatic rings. The predicted molar refractivity (Wildman–Crippen MR) is 129 cm³/mol. The van der Waals surface area contributed by atoms with Gasteiger partial charge in [0.25, 0.3) is 0 Å². The second-order valence-corrected chi connectivity index (χ2v) is 7.97. The summed E-state index contributed by atoms with van der Waals surface area (Å²) >= 11 is 0. The average molecular weight is 430 g/mol. The first kappa shape index (κ1) is 22.0. The van der Waals surface area contributed by atoms with Crippen LogP contribution in [0.2, 0.25) is 0 Å². The van der Waals surface area contributed by atoms with Crippen LogP contribution in [0.25, 0.3) is 0 Å². The van der Waals surface area contributed by atoms with Gasteiger partial charge in [-0.3, -0.25) is 14.9 Å². The lowest BCUT2D eigenvalue weighted by molar-refractivity contribution is 0.172. The summed E-state index contributed by atoms with van der Waals surface area (Å²) in [5.74, 6) is 1.82. The van der Waals surface area contributed by atoms with E-state index in [0.717, 1.165) is 43.0 Å². The van der Waals surface area contributed by atoms with Crippen molar-refractivity contribution >= 4 is 6.21 Å². The SMILES string of the molecule is CCOc1ccccc1C(c1ccc(OC)cc1)N1CCC(/N=C/c2ccncc2)CC1. The molecule has 0 bridgehead atoms. The van der Waals surface area contributed by atoms with Crippen molar-refractivity contribution < 1.29 is 9.47 Å². The number of likely N-dealkylation sites (tertiary alicyclic amines) is 1. The Kier molecular flexibility index (Phi) is 7.51. The Labute approximate surface area is 190 Å². The maximum Gasteiger partial charge on any atom is 0.124 e. The lowest BCUT2D eigenvalue weighted by Gasteiger charge is -2.37. The minimum absolute atomic E-state index is 0.133. The van der Waals surface area contributed by atoms with Gasteiger partial charge in [0, 0.05) is 37.3 Å². The summed E-state index contributed by atoms with van der Waals surface area (Å²) in [6.45, 7) is 4.65. The van der Waals surface area contributed by atoms with Crippen molar-refractivity contribution in [2.24, 2.45) is 4.99 Å². The molecule has 1 fully saturated rings. The van der Waals surface area contributed by atoms with Gasteiger partial charge >= 0.3 is 0 Å². The Morgan fingerprint density at radius 3 is 2.44 bits per heavy atom. The second-order valence-electron chi connectivity index (χ2n) is 7.97. The van der Waals surface area contributed by atoms with Gasteiger partial charge in [-0.05, 0) is 61.2 Å². The van der Waals surface area contributed by atoms with Crippen LogP contribution < -0.4 is 9.47 Å². The first-order valence-electron chi connectivity index (χ1n) is 11.3. The standard InChI is InChI=1S/C27H31N3O2/c1-3-32-26-7-5-4-6-25(26)27(22-8-10-24(31-2)11-9-22)30-18-14-23(15-19-30)29-20-21-12-16-28-17-13-21/h4-13,16-17,20,23,27H,3,14-15,18-19H2,1-2H3/b29-20+. The van der Waals surface area contributed by atoms with Crippen LogP contribution >= 0.6 is 0 Å². The fourth-order valence-electron chi connectivity index (χ4n) is 4.30. The predicted octanol–water partition coefficient (Wildman–Crippen LogP) is 5.16. The minimum Gasteiger partial charge on any atom is -0.497 e. The van der Waals surface area contributed by atoms with E-state index in [1.807, 2.05) is 43.5 Å². The summed E-state index contributed by atoms with van der Waals surface area (Å²) in [5.41, 5.74) is 3.55. The topological polar surface area (TPSA) is 47.0 Å². The smallest absolute Gasteiger partial charge is 0.124 e. The highest BCUT2D eigenvalue weighted by atomic mass is 16.5. The van der Waals surface area contributed by atoms with Gasteiger partial charge in [0.15, 0.2) is 0 Å². The van der Waals surface area contributed by atoms with Crippen molar-refractivity contribution in [1.82, 2.24) is 9.88 Å². The number of aliphatic imine (C=N–C) groups is 1. The van der Waals surface area contributed by atoms with E-state index in [0.29, 0.717) is 12.6 Å². The monoisotopic (exact) mass is 429 g/mol. The van der Waals surface area contributed by atoms with Gasteiger partial charge in [-0.25, -0.2) is 0 Å². The number of benzene rings is 2. The van der Waals surface area contributed by atoms with Crippen LogP contribution in [0, 0.1) is 0 Å². The van der Waals surface area contributed by atoms with Crippen LogP contribution in [-0.2, 0) is 0 Å². The quantitative estimate of drug-likeness (QED) is 0.464. The van der Waals surface area contributed by atoms with E-state index in [-0.39, 0.29) is 6.04 Å².